The van der Waals surface area contributed by atoms with Crippen LogP contribution in [0.2, 0.25) is 0 Å². The lowest BCUT2D eigenvalue weighted by molar-refractivity contribution is -0.120. The molecule has 0 fully saturated rings. The van der Waals surface area contributed by atoms with Crippen LogP contribution in [0.1, 0.15) is 25.8 Å². The highest BCUT2D eigenvalue weighted by Gasteiger charge is 2.18. The molecule has 0 spiro atoms. The topological polar surface area (TPSA) is 69.6 Å². The van der Waals surface area contributed by atoms with E-state index in [9.17, 15) is 4.79 Å². The predicted molar refractivity (Wildman–Crippen MR) is 70.3 cm³/mol. The van der Waals surface area contributed by atoms with Gasteiger partial charge in [0.05, 0.1) is 6.42 Å². The van der Waals surface area contributed by atoms with Gasteiger partial charge in [0.25, 0.3) is 0 Å². The molecular weight excluding hydrogens is 230 g/mol. The van der Waals surface area contributed by atoms with Gasteiger partial charge in [0.15, 0.2) is 0 Å². The Bertz CT molecular complexity index is 385. The number of phenolic OH excluding ortho intramolecular Hbond substituents is 1. The lowest BCUT2D eigenvalue weighted by Crippen LogP contribution is -2.35. The van der Waals surface area contributed by atoms with Crippen LogP contribution >= 0.6 is 0 Å². The molecule has 0 atom stereocenters. The standard InChI is InChI=1S/C14H21NO3/c1-14(2,7-8-16)10-15-13(18)9-11-3-5-12(17)6-4-11/h3-6,16-17H,7-10H2,1-2H3,(H,15,18). The average molecular weight is 251 g/mol. The molecule has 0 saturated carbocycles. The van der Waals surface area contributed by atoms with Gasteiger partial charge in [0.1, 0.15) is 5.75 Å². The van der Waals surface area contributed by atoms with Crippen LogP contribution in [-0.4, -0.2) is 29.3 Å². The molecule has 0 heterocycles. The van der Waals surface area contributed by atoms with Crippen molar-refractivity contribution in [3.8, 4) is 5.75 Å². The molecule has 0 unspecified atom stereocenters. The summed E-state index contributed by atoms with van der Waals surface area (Å²) in [6.07, 6.45) is 0.960. The van der Waals surface area contributed by atoms with Crippen molar-refractivity contribution in [3.63, 3.8) is 0 Å². The number of nitrogens with one attached hydrogen (secondary N) is 1. The van der Waals surface area contributed by atoms with Crippen LogP contribution in [0.5, 0.6) is 5.75 Å². The zero-order valence-electron chi connectivity index (χ0n) is 10.9. The van der Waals surface area contributed by atoms with Crippen molar-refractivity contribution in [1.29, 1.82) is 0 Å². The van der Waals surface area contributed by atoms with Gasteiger partial charge >= 0.3 is 0 Å². The molecular formula is C14H21NO3. The Labute approximate surface area is 108 Å². The highest BCUT2D eigenvalue weighted by Crippen LogP contribution is 2.18. The maximum atomic E-state index is 11.7. The largest absolute Gasteiger partial charge is 0.508 e. The number of hydrogen-bond acceptors (Lipinski definition) is 3. The van der Waals surface area contributed by atoms with E-state index in [1.807, 2.05) is 13.8 Å². The maximum Gasteiger partial charge on any atom is 0.224 e. The lowest BCUT2D eigenvalue weighted by Gasteiger charge is -2.23. The molecule has 18 heavy (non-hydrogen) atoms. The summed E-state index contributed by atoms with van der Waals surface area (Å²) in [5.41, 5.74) is 0.768. The molecule has 1 aromatic carbocycles. The molecule has 4 nitrogen and oxygen atoms in total. The lowest BCUT2D eigenvalue weighted by atomic mass is 9.89. The van der Waals surface area contributed by atoms with Crippen LogP contribution in [0.15, 0.2) is 24.3 Å². The fourth-order valence-electron chi connectivity index (χ4n) is 1.59. The Morgan fingerprint density at radius 1 is 1.28 bits per heavy atom. The molecule has 0 aromatic heterocycles. The third-order valence-electron chi connectivity index (χ3n) is 2.85. The highest BCUT2D eigenvalue weighted by molar-refractivity contribution is 5.78. The van der Waals surface area contributed by atoms with Crippen molar-refractivity contribution in [2.75, 3.05) is 13.2 Å². The predicted octanol–water partition coefficient (Wildman–Crippen LogP) is 1.46. The van der Waals surface area contributed by atoms with Crippen LogP contribution in [0.25, 0.3) is 0 Å². The monoisotopic (exact) mass is 251 g/mol. The number of phenols is 1. The van der Waals surface area contributed by atoms with Gasteiger partial charge in [0, 0.05) is 13.2 Å². The second-order valence-corrected chi connectivity index (χ2v) is 5.26. The Morgan fingerprint density at radius 3 is 2.44 bits per heavy atom. The van der Waals surface area contributed by atoms with E-state index >= 15 is 0 Å². The number of hydrogen-bond donors (Lipinski definition) is 3. The highest BCUT2D eigenvalue weighted by atomic mass is 16.3. The minimum atomic E-state index is -0.0979. The number of aliphatic hydroxyl groups excluding tert-OH is 1. The van der Waals surface area contributed by atoms with Crippen molar-refractivity contribution in [3.05, 3.63) is 29.8 Å². The van der Waals surface area contributed by atoms with Crippen molar-refractivity contribution in [1.82, 2.24) is 5.32 Å². The van der Waals surface area contributed by atoms with Gasteiger partial charge in [-0.15, -0.1) is 0 Å². The quantitative estimate of drug-likeness (QED) is 0.717. The van der Waals surface area contributed by atoms with Gasteiger partial charge in [-0.1, -0.05) is 26.0 Å². The zero-order valence-corrected chi connectivity index (χ0v) is 10.9. The Balaban J connectivity index is 2.40. The zero-order chi connectivity index (χ0) is 13.6. The fraction of sp³-hybridized carbons (Fsp3) is 0.500. The van der Waals surface area contributed by atoms with E-state index in [2.05, 4.69) is 5.32 Å². The molecule has 0 aliphatic carbocycles. The molecule has 100 valence electrons. The first kappa shape index (κ1) is 14.5. The van der Waals surface area contributed by atoms with E-state index in [4.69, 9.17) is 10.2 Å². The second-order valence-electron chi connectivity index (χ2n) is 5.26. The van der Waals surface area contributed by atoms with Gasteiger partial charge in [-0.25, -0.2) is 0 Å². The number of rotatable bonds is 6. The third kappa shape index (κ3) is 5.19. The summed E-state index contributed by atoms with van der Waals surface area (Å²) < 4.78 is 0. The number of benzene rings is 1. The van der Waals surface area contributed by atoms with E-state index in [-0.39, 0.29) is 23.7 Å². The van der Waals surface area contributed by atoms with Crippen LogP contribution in [0, 0.1) is 5.41 Å². The first-order valence-corrected chi connectivity index (χ1v) is 6.08. The first-order chi connectivity index (χ1) is 8.43. The summed E-state index contributed by atoms with van der Waals surface area (Å²) in [4.78, 5) is 11.7. The maximum absolute atomic E-state index is 11.7. The number of amides is 1. The van der Waals surface area contributed by atoms with Gasteiger partial charge in [0.2, 0.25) is 5.91 Å². The normalized spacial score (nSPS) is 11.3. The summed E-state index contributed by atoms with van der Waals surface area (Å²) in [5.74, 6) is 0.148. The third-order valence-corrected chi connectivity index (χ3v) is 2.85. The van der Waals surface area contributed by atoms with Gasteiger partial charge in [-0.2, -0.15) is 0 Å². The molecule has 1 amide bonds. The summed E-state index contributed by atoms with van der Waals surface area (Å²) in [7, 11) is 0. The Morgan fingerprint density at radius 2 is 1.89 bits per heavy atom. The number of aliphatic hydroxyl groups is 1. The smallest absolute Gasteiger partial charge is 0.224 e. The number of carbonyl (C=O) groups excluding carboxylic acids is 1. The molecule has 0 radical (unpaired) electrons. The minimum Gasteiger partial charge on any atom is -0.508 e. The van der Waals surface area contributed by atoms with E-state index < -0.39 is 0 Å². The number of carbonyl (C=O) groups is 1. The van der Waals surface area contributed by atoms with Crippen LogP contribution < -0.4 is 5.32 Å². The van der Waals surface area contributed by atoms with Gasteiger partial charge in [-0.05, 0) is 29.5 Å². The van der Waals surface area contributed by atoms with Crippen LogP contribution in [-0.2, 0) is 11.2 Å². The summed E-state index contributed by atoms with van der Waals surface area (Å²) in [6.45, 7) is 4.68. The summed E-state index contributed by atoms with van der Waals surface area (Å²) in [6, 6.07) is 6.60. The van der Waals surface area contributed by atoms with Crippen molar-refractivity contribution in [2.45, 2.75) is 26.7 Å². The minimum absolute atomic E-state index is 0.0493. The molecule has 0 aliphatic heterocycles. The number of aromatic hydroxyl groups is 1. The van der Waals surface area contributed by atoms with E-state index in [1.165, 1.54) is 0 Å². The Hall–Kier alpha value is -1.55. The fourth-order valence-corrected chi connectivity index (χ4v) is 1.59. The van der Waals surface area contributed by atoms with E-state index in [0.717, 1.165) is 5.56 Å². The van der Waals surface area contributed by atoms with Crippen LogP contribution in [0.3, 0.4) is 0 Å². The van der Waals surface area contributed by atoms with Crippen molar-refractivity contribution in [2.24, 2.45) is 5.41 Å². The SMILES string of the molecule is CC(C)(CCO)CNC(=O)Cc1ccc(O)cc1. The first-order valence-electron chi connectivity index (χ1n) is 6.08. The second kappa shape index (κ2) is 6.40. The van der Waals surface area contributed by atoms with Gasteiger partial charge < -0.3 is 15.5 Å². The molecule has 0 aliphatic rings. The van der Waals surface area contributed by atoms with Gasteiger partial charge in [-0.3, -0.25) is 4.79 Å². The summed E-state index contributed by atoms with van der Waals surface area (Å²) in [5, 5.41) is 20.9. The molecule has 3 N–H and O–H groups in total. The van der Waals surface area contributed by atoms with Crippen LogP contribution in [0.4, 0.5) is 0 Å². The summed E-state index contributed by atoms with van der Waals surface area (Å²) >= 11 is 0. The molecule has 4 heteroatoms. The Kier molecular flexibility index (Phi) is 5.16. The van der Waals surface area contributed by atoms with E-state index in [1.54, 1.807) is 24.3 Å². The molecule has 0 saturated heterocycles. The molecule has 0 bridgehead atoms. The van der Waals surface area contributed by atoms with Crippen molar-refractivity contribution < 1.29 is 15.0 Å². The molecule has 1 aromatic rings. The van der Waals surface area contributed by atoms with E-state index in [0.29, 0.717) is 19.4 Å². The molecule has 1 rings (SSSR count). The average Bonchev–Trinajstić information content (AvgIpc) is 2.30. The van der Waals surface area contributed by atoms with Crippen molar-refractivity contribution >= 4 is 5.91 Å².